The molecule has 216 valence electrons. The van der Waals surface area contributed by atoms with Gasteiger partial charge in [-0.05, 0) is 23.8 Å². The van der Waals surface area contributed by atoms with Crippen LogP contribution in [-0.4, -0.2) is 69.5 Å². The molecule has 4 rings (SSSR count). The molecule has 2 heterocycles. The summed E-state index contributed by atoms with van der Waals surface area (Å²) in [5.41, 5.74) is 3.22. The zero-order chi connectivity index (χ0) is 29.9. The number of thioether (sulfide) groups is 1. The first-order valence-corrected chi connectivity index (χ1v) is 13.3. The number of nitrogens with zero attached hydrogens (tertiary/aromatic N) is 1. The molecule has 0 unspecified atom stereocenters. The van der Waals surface area contributed by atoms with E-state index in [9.17, 15) is 28.8 Å². The summed E-state index contributed by atoms with van der Waals surface area (Å²) < 4.78 is 21.2. The van der Waals surface area contributed by atoms with E-state index in [2.05, 4.69) is 5.32 Å². The van der Waals surface area contributed by atoms with Crippen LogP contribution in [0.5, 0.6) is 11.5 Å². The topological polar surface area (TPSA) is 181 Å². The molecule has 2 fully saturated rings. The zero-order valence-electron chi connectivity index (χ0n) is 22.3. The van der Waals surface area contributed by atoms with E-state index in [4.69, 9.17) is 24.7 Å². The molecule has 2 amide bonds. The van der Waals surface area contributed by atoms with Gasteiger partial charge in [0, 0.05) is 19.1 Å². The smallest absolute Gasteiger partial charge is 0.338 e. The summed E-state index contributed by atoms with van der Waals surface area (Å²) in [6, 6.07) is 12.5. The van der Waals surface area contributed by atoms with Gasteiger partial charge in [-0.25, -0.2) is 9.59 Å². The van der Waals surface area contributed by atoms with Gasteiger partial charge in [-0.3, -0.25) is 24.9 Å². The van der Waals surface area contributed by atoms with Gasteiger partial charge in [-0.1, -0.05) is 37.3 Å². The second-order valence-electron chi connectivity index (χ2n) is 9.35. The summed E-state index contributed by atoms with van der Waals surface area (Å²) >= 11 is 1.15. The second-order valence-corrected chi connectivity index (χ2v) is 10.8. The van der Waals surface area contributed by atoms with Crippen molar-refractivity contribution in [3.63, 3.8) is 0 Å². The van der Waals surface area contributed by atoms with Crippen LogP contribution < -0.4 is 20.5 Å². The van der Waals surface area contributed by atoms with Crippen LogP contribution in [0.1, 0.15) is 36.7 Å². The molecule has 3 N–H and O–H groups in total. The zero-order valence-corrected chi connectivity index (χ0v) is 23.1. The number of rotatable bonds is 10. The Morgan fingerprint density at radius 2 is 1.68 bits per heavy atom. The standard InChI is InChI=1S/C27H27N3O10S/c1-15-26(25(36)37-12-18-7-5-4-6-8-18,30-23(35)27(28,29-14-31)24(30)41-15)13-38-22(34)19-9-10-20(39-16(2)32)21(11-19)40-17(3)33/h4-11,14-15,24H,12-13,28H2,1-3H3,(H,29,31)/t15-,24+,26-,27+/m1/s1. The van der Waals surface area contributed by atoms with E-state index < -0.39 is 58.2 Å². The minimum Gasteiger partial charge on any atom is -0.459 e. The molecule has 2 aliphatic heterocycles. The van der Waals surface area contributed by atoms with Crippen LogP contribution >= 0.6 is 11.8 Å². The van der Waals surface area contributed by atoms with E-state index in [0.29, 0.717) is 12.0 Å². The number of carbonyl (C=O) groups is 6. The maximum Gasteiger partial charge on any atom is 0.338 e. The van der Waals surface area contributed by atoms with E-state index in [0.717, 1.165) is 31.7 Å². The van der Waals surface area contributed by atoms with Crippen LogP contribution in [0.15, 0.2) is 48.5 Å². The molecule has 0 spiro atoms. The van der Waals surface area contributed by atoms with E-state index in [-0.39, 0.29) is 23.7 Å². The number of hydrogen-bond acceptors (Lipinski definition) is 12. The molecule has 2 aliphatic rings. The Kier molecular flexibility index (Phi) is 8.35. The van der Waals surface area contributed by atoms with Crippen molar-refractivity contribution in [2.75, 3.05) is 6.61 Å². The van der Waals surface area contributed by atoms with Crippen LogP contribution in [0.4, 0.5) is 0 Å². The lowest BCUT2D eigenvalue weighted by molar-refractivity contribution is -0.184. The summed E-state index contributed by atoms with van der Waals surface area (Å²) in [6.45, 7) is 3.22. The Bertz CT molecular complexity index is 1400. The second kappa shape index (κ2) is 11.6. The predicted molar refractivity (Wildman–Crippen MR) is 142 cm³/mol. The van der Waals surface area contributed by atoms with Gasteiger partial charge in [0.1, 0.15) is 18.6 Å². The van der Waals surface area contributed by atoms with E-state index in [1.165, 1.54) is 17.0 Å². The highest BCUT2D eigenvalue weighted by Gasteiger charge is 2.74. The van der Waals surface area contributed by atoms with Crippen molar-refractivity contribution in [3.05, 3.63) is 59.7 Å². The maximum absolute atomic E-state index is 13.7. The Labute approximate surface area is 238 Å². The van der Waals surface area contributed by atoms with Gasteiger partial charge in [-0.15, -0.1) is 11.8 Å². The largest absolute Gasteiger partial charge is 0.459 e. The molecule has 2 saturated heterocycles. The minimum absolute atomic E-state index is 0.0921. The van der Waals surface area contributed by atoms with Crippen molar-refractivity contribution in [1.29, 1.82) is 0 Å². The molecule has 4 atom stereocenters. The van der Waals surface area contributed by atoms with Crippen LogP contribution in [0, 0.1) is 0 Å². The molecule has 14 heteroatoms. The lowest BCUT2D eigenvalue weighted by Gasteiger charge is -2.53. The highest BCUT2D eigenvalue weighted by Crippen LogP contribution is 2.53. The van der Waals surface area contributed by atoms with E-state index in [1.54, 1.807) is 37.3 Å². The molecular formula is C27H27N3O10S. The predicted octanol–water partition coefficient (Wildman–Crippen LogP) is 0.881. The van der Waals surface area contributed by atoms with Crippen molar-refractivity contribution in [2.24, 2.45) is 5.73 Å². The SMILES string of the molecule is CC(=O)Oc1ccc(C(=O)OC[C@]2(C(=O)OCc3ccccc3)[C@@H](C)S[C@@H]3N2C(=O)[C@]3(N)NC=O)cc1OC(C)=O. The quantitative estimate of drug-likeness (QED) is 0.132. The maximum atomic E-state index is 13.7. The van der Waals surface area contributed by atoms with Crippen LogP contribution in [0.2, 0.25) is 0 Å². The highest BCUT2D eigenvalue weighted by molar-refractivity contribution is 8.01. The number of amides is 2. The van der Waals surface area contributed by atoms with Crippen molar-refractivity contribution >= 4 is 48.0 Å². The first-order valence-electron chi connectivity index (χ1n) is 12.3. The van der Waals surface area contributed by atoms with Gasteiger partial charge in [0.25, 0.3) is 5.91 Å². The summed E-state index contributed by atoms with van der Waals surface area (Å²) in [4.78, 5) is 75.3. The molecule has 2 aromatic carbocycles. The number of nitrogens with two attached hydrogens (primary N) is 1. The normalized spacial score (nSPS) is 24.4. The van der Waals surface area contributed by atoms with Gasteiger partial charge in [-0.2, -0.15) is 0 Å². The monoisotopic (exact) mass is 585 g/mol. The fraction of sp³-hybridized carbons (Fsp3) is 0.333. The third-order valence-corrected chi connectivity index (χ3v) is 8.24. The molecule has 0 radical (unpaired) electrons. The summed E-state index contributed by atoms with van der Waals surface area (Å²) in [5.74, 6) is -4.20. The Morgan fingerprint density at radius 1 is 1.02 bits per heavy atom. The molecule has 0 aliphatic carbocycles. The average Bonchev–Trinajstić information content (AvgIpc) is 3.22. The van der Waals surface area contributed by atoms with Gasteiger partial charge in [0.15, 0.2) is 22.7 Å². The Hall–Kier alpha value is -4.43. The van der Waals surface area contributed by atoms with E-state index in [1.807, 2.05) is 0 Å². The summed E-state index contributed by atoms with van der Waals surface area (Å²) in [5, 5.41) is 0.806. The number of β-lactam (4-membered cyclic amide) rings is 1. The van der Waals surface area contributed by atoms with Crippen molar-refractivity contribution in [1.82, 2.24) is 10.2 Å². The Morgan fingerprint density at radius 3 is 2.32 bits per heavy atom. The summed E-state index contributed by atoms with van der Waals surface area (Å²) in [7, 11) is 0. The third kappa shape index (κ3) is 5.47. The van der Waals surface area contributed by atoms with Crippen LogP contribution in [-0.2, 0) is 40.1 Å². The number of fused-ring (bicyclic) bond motifs is 1. The van der Waals surface area contributed by atoms with E-state index >= 15 is 0 Å². The lowest BCUT2D eigenvalue weighted by Crippen LogP contribution is -2.85. The minimum atomic E-state index is -1.78. The summed E-state index contributed by atoms with van der Waals surface area (Å²) in [6.07, 6.45) is 0.300. The van der Waals surface area contributed by atoms with Gasteiger partial charge < -0.3 is 29.2 Å². The molecule has 2 aromatic rings. The fourth-order valence-corrected chi connectivity index (χ4v) is 6.24. The molecule has 41 heavy (non-hydrogen) atoms. The first kappa shape index (κ1) is 29.6. The number of ether oxygens (including phenoxy) is 4. The molecular weight excluding hydrogens is 558 g/mol. The van der Waals surface area contributed by atoms with Crippen molar-refractivity contribution in [2.45, 2.75) is 49.2 Å². The Balaban J connectivity index is 1.61. The number of carbonyl (C=O) groups excluding carboxylic acids is 6. The van der Waals surface area contributed by atoms with Crippen molar-refractivity contribution in [3.8, 4) is 11.5 Å². The first-order chi connectivity index (χ1) is 19.4. The van der Waals surface area contributed by atoms with Crippen LogP contribution in [0.25, 0.3) is 0 Å². The number of esters is 4. The van der Waals surface area contributed by atoms with Gasteiger partial charge >= 0.3 is 23.9 Å². The van der Waals surface area contributed by atoms with Gasteiger partial charge in [0.05, 0.1) is 5.56 Å². The third-order valence-electron chi connectivity index (χ3n) is 6.61. The lowest BCUT2D eigenvalue weighted by atomic mass is 9.86. The molecule has 0 saturated carbocycles. The molecule has 13 nitrogen and oxygen atoms in total. The number of benzene rings is 2. The number of hydrogen-bond donors (Lipinski definition) is 2. The molecule has 0 bridgehead atoms. The fourth-order valence-electron chi connectivity index (χ4n) is 4.57. The van der Waals surface area contributed by atoms with Crippen molar-refractivity contribution < 1.29 is 47.7 Å². The van der Waals surface area contributed by atoms with Crippen LogP contribution in [0.3, 0.4) is 0 Å². The average molecular weight is 586 g/mol. The number of nitrogens with one attached hydrogen (secondary N) is 1. The highest BCUT2D eigenvalue weighted by atomic mass is 32.2. The molecule has 0 aromatic heterocycles. The van der Waals surface area contributed by atoms with Gasteiger partial charge in [0.2, 0.25) is 6.41 Å².